The number of aromatic nitrogens is 1. The minimum Gasteiger partial charge on any atom is -0.507 e. The topological polar surface area (TPSA) is 83.6 Å². The molecule has 0 saturated heterocycles. The summed E-state index contributed by atoms with van der Waals surface area (Å²) >= 11 is 0. The van der Waals surface area contributed by atoms with Gasteiger partial charge in [0.1, 0.15) is 11.4 Å². The number of para-hydroxylation sites is 1. The van der Waals surface area contributed by atoms with E-state index in [0.717, 1.165) is 5.56 Å². The first kappa shape index (κ1) is 12.2. The van der Waals surface area contributed by atoms with E-state index < -0.39 is 5.97 Å². The van der Waals surface area contributed by atoms with Crippen LogP contribution in [0.3, 0.4) is 0 Å². The van der Waals surface area contributed by atoms with Crippen LogP contribution in [0.4, 0.5) is 0 Å². The van der Waals surface area contributed by atoms with Crippen LogP contribution in [-0.2, 0) is 0 Å². The molecule has 0 fully saturated rings. The van der Waals surface area contributed by atoms with E-state index in [1.165, 1.54) is 6.07 Å². The Morgan fingerprint density at radius 2 is 2.11 bits per heavy atom. The van der Waals surface area contributed by atoms with Gasteiger partial charge in [0.25, 0.3) is 0 Å². The minimum absolute atomic E-state index is 0.109. The van der Waals surface area contributed by atoms with Gasteiger partial charge in [-0.2, -0.15) is 0 Å². The van der Waals surface area contributed by atoms with Gasteiger partial charge in [-0.15, -0.1) is 0 Å². The molecule has 0 radical (unpaired) electrons. The second-order valence-electron chi connectivity index (χ2n) is 4.28. The van der Waals surface area contributed by atoms with Gasteiger partial charge in [-0.25, -0.2) is 4.79 Å². The number of carboxylic acid groups (broad SMARTS) is 1. The van der Waals surface area contributed by atoms with Crippen molar-refractivity contribution in [2.24, 2.45) is 0 Å². The summed E-state index contributed by atoms with van der Waals surface area (Å²) in [6.07, 6.45) is 0. The summed E-state index contributed by atoms with van der Waals surface area (Å²) < 4.78 is 4.68. The summed E-state index contributed by atoms with van der Waals surface area (Å²) in [5.74, 6) is -1.17. The van der Waals surface area contributed by atoms with Crippen molar-refractivity contribution in [3.63, 3.8) is 0 Å². The largest absolute Gasteiger partial charge is 0.507 e. The molecule has 1 aromatic carbocycles. The third-order valence-corrected chi connectivity index (χ3v) is 2.69. The van der Waals surface area contributed by atoms with Crippen LogP contribution >= 0.6 is 0 Å². The Morgan fingerprint density at radius 1 is 1.39 bits per heavy atom. The Labute approximate surface area is 104 Å². The lowest BCUT2D eigenvalue weighted by atomic mass is 9.98. The summed E-state index contributed by atoms with van der Waals surface area (Å²) in [5, 5.41) is 22.5. The molecular formula is C13H13NO4. The summed E-state index contributed by atoms with van der Waals surface area (Å²) in [6, 6.07) is 6.58. The van der Waals surface area contributed by atoms with Gasteiger partial charge in [0, 0.05) is 11.6 Å². The van der Waals surface area contributed by atoms with Gasteiger partial charge in [-0.3, -0.25) is 0 Å². The van der Waals surface area contributed by atoms with E-state index in [1.807, 2.05) is 19.9 Å². The van der Waals surface area contributed by atoms with Gasteiger partial charge >= 0.3 is 5.97 Å². The fraction of sp³-hybridized carbons (Fsp3) is 0.231. The normalized spacial score (nSPS) is 10.8. The minimum atomic E-state index is -1.19. The average Bonchev–Trinajstić information content (AvgIpc) is 2.78. The van der Waals surface area contributed by atoms with Gasteiger partial charge in [0.05, 0.1) is 0 Å². The Hall–Kier alpha value is -2.30. The molecule has 0 spiro atoms. The molecule has 0 saturated carbocycles. The number of carbonyl (C=O) groups is 1. The number of phenolic OH excluding ortho intramolecular Hbond substituents is 1. The van der Waals surface area contributed by atoms with Crippen molar-refractivity contribution in [3.05, 3.63) is 35.6 Å². The maximum atomic E-state index is 10.7. The van der Waals surface area contributed by atoms with Gasteiger partial charge in [-0.1, -0.05) is 31.1 Å². The van der Waals surface area contributed by atoms with Crippen molar-refractivity contribution in [1.29, 1.82) is 0 Å². The predicted octanol–water partition coefficient (Wildman–Crippen LogP) is 2.87. The fourth-order valence-corrected chi connectivity index (χ4v) is 1.74. The molecule has 5 heteroatoms. The molecule has 2 N–H and O–H groups in total. The summed E-state index contributed by atoms with van der Waals surface area (Å²) in [6.45, 7) is 3.93. The first-order valence-corrected chi connectivity index (χ1v) is 5.53. The van der Waals surface area contributed by atoms with Crippen LogP contribution in [-0.4, -0.2) is 21.3 Å². The summed E-state index contributed by atoms with van der Waals surface area (Å²) in [5.41, 5.74) is 1.57. The smallest absolute Gasteiger partial charge is 0.374 e. The van der Waals surface area contributed by atoms with Crippen molar-refractivity contribution in [2.75, 3.05) is 0 Å². The van der Waals surface area contributed by atoms with E-state index in [2.05, 4.69) is 9.68 Å². The Kier molecular flexibility index (Phi) is 3.06. The lowest BCUT2D eigenvalue weighted by Gasteiger charge is -2.10. The highest BCUT2D eigenvalue weighted by Gasteiger charge is 2.17. The standard InChI is InChI=1S/C13H13NO4/c1-7(2)8-4-3-5-9(12(8)15)10-6-11(13(16)17)18-14-10/h3-7,15H,1-2H3,(H,16,17). The van der Waals surface area contributed by atoms with Crippen LogP contribution in [0.25, 0.3) is 11.3 Å². The number of phenols is 1. The number of aromatic hydroxyl groups is 1. The molecule has 5 nitrogen and oxygen atoms in total. The zero-order valence-electron chi connectivity index (χ0n) is 10.0. The number of hydrogen-bond donors (Lipinski definition) is 2. The zero-order valence-corrected chi connectivity index (χ0v) is 10.0. The molecule has 0 bridgehead atoms. The molecule has 0 atom stereocenters. The highest BCUT2D eigenvalue weighted by atomic mass is 16.5. The second-order valence-corrected chi connectivity index (χ2v) is 4.28. The second kappa shape index (κ2) is 4.52. The van der Waals surface area contributed by atoms with Crippen LogP contribution < -0.4 is 0 Å². The number of aromatic carboxylic acids is 1. The van der Waals surface area contributed by atoms with Crippen molar-refractivity contribution in [1.82, 2.24) is 5.16 Å². The van der Waals surface area contributed by atoms with Crippen molar-refractivity contribution < 1.29 is 19.5 Å². The average molecular weight is 247 g/mol. The number of carboxylic acids is 1. The molecule has 1 aromatic heterocycles. The molecule has 0 aliphatic carbocycles. The molecular weight excluding hydrogens is 234 g/mol. The van der Waals surface area contributed by atoms with Gasteiger partial charge in [0.15, 0.2) is 0 Å². The maximum Gasteiger partial charge on any atom is 0.374 e. The molecule has 2 aromatic rings. The Bertz CT molecular complexity index is 586. The lowest BCUT2D eigenvalue weighted by molar-refractivity contribution is 0.0652. The molecule has 2 rings (SSSR count). The highest BCUT2D eigenvalue weighted by molar-refractivity contribution is 5.86. The van der Waals surface area contributed by atoms with Crippen molar-refractivity contribution in [2.45, 2.75) is 19.8 Å². The van der Waals surface area contributed by atoms with Crippen LogP contribution in [0.15, 0.2) is 28.8 Å². The molecule has 0 unspecified atom stereocenters. The van der Waals surface area contributed by atoms with E-state index in [4.69, 9.17) is 5.11 Å². The van der Waals surface area contributed by atoms with Crippen LogP contribution in [0.1, 0.15) is 35.9 Å². The third-order valence-electron chi connectivity index (χ3n) is 2.69. The van der Waals surface area contributed by atoms with Crippen molar-refractivity contribution in [3.8, 4) is 17.0 Å². The van der Waals surface area contributed by atoms with E-state index in [9.17, 15) is 9.90 Å². The number of benzene rings is 1. The van der Waals surface area contributed by atoms with Gasteiger partial charge in [-0.05, 0) is 17.5 Å². The SMILES string of the molecule is CC(C)c1cccc(-c2cc(C(=O)O)on2)c1O. The summed E-state index contributed by atoms with van der Waals surface area (Å²) in [7, 11) is 0. The van der Waals surface area contributed by atoms with Crippen LogP contribution in [0, 0.1) is 0 Å². The molecule has 1 heterocycles. The van der Waals surface area contributed by atoms with Crippen LogP contribution in [0.2, 0.25) is 0 Å². The van der Waals surface area contributed by atoms with Crippen molar-refractivity contribution >= 4 is 5.97 Å². The first-order valence-electron chi connectivity index (χ1n) is 5.53. The van der Waals surface area contributed by atoms with Gasteiger partial charge in [0.2, 0.25) is 5.76 Å². The monoisotopic (exact) mass is 247 g/mol. The van der Waals surface area contributed by atoms with E-state index in [-0.39, 0.29) is 17.4 Å². The third kappa shape index (κ3) is 2.07. The molecule has 0 aliphatic heterocycles. The molecule has 94 valence electrons. The quantitative estimate of drug-likeness (QED) is 0.871. The number of rotatable bonds is 3. The zero-order chi connectivity index (χ0) is 13.3. The van der Waals surface area contributed by atoms with E-state index in [1.54, 1.807) is 12.1 Å². The Morgan fingerprint density at radius 3 is 2.67 bits per heavy atom. The molecule has 0 aliphatic rings. The van der Waals surface area contributed by atoms with Gasteiger partial charge < -0.3 is 14.7 Å². The number of nitrogens with zero attached hydrogens (tertiary/aromatic N) is 1. The molecule has 18 heavy (non-hydrogen) atoms. The van der Waals surface area contributed by atoms with E-state index >= 15 is 0 Å². The Balaban J connectivity index is 2.50. The van der Waals surface area contributed by atoms with Crippen LogP contribution in [0.5, 0.6) is 5.75 Å². The maximum absolute atomic E-state index is 10.7. The van der Waals surface area contributed by atoms with E-state index in [0.29, 0.717) is 11.3 Å². The summed E-state index contributed by atoms with van der Waals surface area (Å²) in [4.78, 5) is 10.7. The predicted molar refractivity (Wildman–Crippen MR) is 64.7 cm³/mol. The fourth-order valence-electron chi connectivity index (χ4n) is 1.74. The first-order chi connectivity index (χ1) is 8.50. The molecule has 0 amide bonds. The number of hydrogen-bond acceptors (Lipinski definition) is 4. The lowest BCUT2D eigenvalue weighted by Crippen LogP contribution is -1.92. The highest BCUT2D eigenvalue weighted by Crippen LogP contribution is 2.35.